The number of hydrogen-bond acceptors (Lipinski definition) is 4. The molecule has 0 aromatic heterocycles. The van der Waals surface area contributed by atoms with Gasteiger partial charge in [0.05, 0.1) is 11.2 Å². The molecule has 3 aromatic rings. The molecule has 0 unspecified atom stereocenters. The van der Waals surface area contributed by atoms with E-state index < -0.39 is 24.4 Å². The SMILES string of the molecule is CC1(C)OB(C(=Cc2ccc(Cc3ccccc3)cc2)CNC(=O)OCc2ccccc2)OC1(C)C. The third-order valence-electron chi connectivity index (χ3n) is 6.79. The van der Waals surface area contributed by atoms with Gasteiger partial charge in [0.25, 0.3) is 0 Å². The van der Waals surface area contributed by atoms with Gasteiger partial charge in [0.2, 0.25) is 0 Å². The molecule has 5 nitrogen and oxygen atoms in total. The van der Waals surface area contributed by atoms with Crippen molar-refractivity contribution in [1.82, 2.24) is 5.32 Å². The zero-order chi connectivity index (χ0) is 25.6. The van der Waals surface area contributed by atoms with E-state index in [0.717, 1.165) is 23.0 Å². The smallest absolute Gasteiger partial charge is 0.445 e. The number of amides is 1. The summed E-state index contributed by atoms with van der Waals surface area (Å²) in [6.45, 7) is 8.53. The zero-order valence-electron chi connectivity index (χ0n) is 21.5. The Balaban J connectivity index is 1.46. The van der Waals surface area contributed by atoms with Crippen LogP contribution < -0.4 is 5.32 Å². The van der Waals surface area contributed by atoms with Crippen molar-refractivity contribution < 1.29 is 18.8 Å². The van der Waals surface area contributed by atoms with E-state index in [4.69, 9.17) is 14.0 Å². The third kappa shape index (κ3) is 6.65. The number of carbonyl (C=O) groups is 1. The summed E-state index contributed by atoms with van der Waals surface area (Å²) >= 11 is 0. The number of rotatable bonds is 8. The molecule has 0 radical (unpaired) electrons. The molecule has 0 saturated carbocycles. The standard InChI is InChI=1S/C30H34BNO4/c1-29(2)30(3,4)36-31(35-29)27(21-32-28(33)34-22-26-13-9-6-10-14-26)20-25-17-15-24(16-18-25)19-23-11-7-5-8-12-23/h5-18,20H,19,21-22H2,1-4H3,(H,32,33). The molecule has 1 heterocycles. The highest BCUT2D eigenvalue weighted by Crippen LogP contribution is 2.38. The van der Waals surface area contributed by atoms with E-state index in [-0.39, 0.29) is 13.2 Å². The highest BCUT2D eigenvalue weighted by Gasteiger charge is 2.52. The van der Waals surface area contributed by atoms with Crippen molar-refractivity contribution >= 4 is 19.3 Å². The molecule has 1 saturated heterocycles. The monoisotopic (exact) mass is 483 g/mol. The van der Waals surface area contributed by atoms with Gasteiger partial charge in [-0.25, -0.2) is 4.79 Å². The number of carbonyl (C=O) groups excluding carboxylic acids is 1. The van der Waals surface area contributed by atoms with Crippen molar-refractivity contribution in [1.29, 1.82) is 0 Å². The van der Waals surface area contributed by atoms with E-state index in [1.807, 2.05) is 70.2 Å². The number of ether oxygens (including phenoxy) is 1. The lowest BCUT2D eigenvalue weighted by atomic mass is 9.77. The first-order valence-electron chi connectivity index (χ1n) is 12.4. The Labute approximate surface area is 214 Å². The Morgan fingerprint density at radius 1 is 0.806 bits per heavy atom. The van der Waals surface area contributed by atoms with Crippen LogP contribution in [-0.4, -0.2) is 31.0 Å². The molecule has 186 valence electrons. The van der Waals surface area contributed by atoms with Crippen LogP contribution in [0.4, 0.5) is 4.79 Å². The van der Waals surface area contributed by atoms with Crippen molar-refractivity contribution in [3.05, 3.63) is 113 Å². The van der Waals surface area contributed by atoms with Gasteiger partial charge in [0.1, 0.15) is 6.61 Å². The van der Waals surface area contributed by atoms with Gasteiger partial charge in [-0.15, -0.1) is 0 Å². The molecule has 4 rings (SSSR count). The minimum Gasteiger partial charge on any atom is -0.445 e. The van der Waals surface area contributed by atoms with Crippen molar-refractivity contribution in [3.63, 3.8) is 0 Å². The molecule has 0 aliphatic carbocycles. The van der Waals surface area contributed by atoms with Gasteiger partial charge in [-0.3, -0.25) is 0 Å². The lowest BCUT2D eigenvalue weighted by molar-refractivity contribution is 0.00578. The van der Waals surface area contributed by atoms with Crippen LogP contribution in [0.15, 0.2) is 90.4 Å². The number of hydrogen-bond donors (Lipinski definition) is 1. The van der Waals surface area contributed by atoms with Crippen molar-refractivity contribution in [2.45, 2.75) is 51.9 Å². The number of benzene rings is 3. The van der Waals surface area contributed by atoms with Crippen LogP contribution in [0.5, 0.6) is 0 Å². The third-order valence-corrected chi connectivity index (χ3v) is 6.79. The average Bonchev–Trinajstić information content (AvgIpc) is 3.09. The highest BCUT2D eigenvalue weighted by molar-refractivity contribution is 6.56. The first-order chi connectivity index (χ1) is 17.2. The molecule has 0 bridgehead atoms. The first-order valence-corrected chi connectivity index (χ1v) is 12.4. The summed E-state index contributed by atoms with van der Waals surface area (Å²) in [5.74, 6) is 0. The van der Waals surface area contributed by atoms with Gasteiger partial charge in [-0.2, -0.15) is 0 Å². The van der Waals surface area contributed by atoms with E-state index in [0.29, 0.717) is 0 Å². The zero-order valence-corrected chi connectivity index (χ0v) is 21.5. The second-order valence-corrected chi connectivity index (χ2v) is 10.1. The highest BCUT2D eigenvalue weighted by atomic mass is 16.7. The topological polar surface area (TPSA) is 56.8 Å². The van der Waals surface area contributed by atoms with Crippen molar-refractivity contribution in [2.24, 2.45) is 0 Å². The van der Waals surface area contributed by atoms with Crippen LogP contribution >= 0.6 is 0 Å². The lowest BCUT2D eigenvalue weighted by Crippen LogP contribution is -2.41. The van der Waals surface area contributed by atoms with Gasteiger partial charge in [0.15, 0.2) is 0 Å². The second kappa shape index (κ2) is 11.1. The molecule has 3 aromatic carbocycles. The molecular formula is C30H34BNO4. The van der Waals surface area contributed by atoms with E-state index in [2.05, 4.69) is 53.8 Å². The summed E-state index contributed by atoms with van der Waals surface area (Å²) in [4.78, 5) is 12.4. The second-order valence-electron chi connectivity index (χ2n) is 10.1. The van der Waals surface area contributed by atoms with Crippen LogP contribution in [0.25, 0.3) is 6.08 Å². The van der Waals surface area contributed by atoms with Gasteiger partial charge >= 0.3 is 13.2 Å². The molecule has 0 spiro atoms. The maximum absolute atomic E-state index is 12.4. The van der Waals surface area contributed by atoms with Crippen molar-refractivity contribution in [2.75, 3.05) is 6.54 Å². The average molecular weight is 483 g/mol. The Hall–Kier alpha value is -3.35. The van der Waals surface area contributed by atoms with E-state index >= 15 is 0 Å². The molecule has 1 fully saturated rings. The van der Waals surface area contributed by atoms with Gasteiger partial charge < -0.3 is 19.4 Å². The van der Waals surface area contributed by atoms with Crippen LogP contribution in [0, 0.1) is 0 Å². The largest absolute Gasteiger partial charge is 0.492 e. The minimum absolute atomic E-state index is 0.213. The fourth-order valence-corrected chi connectivity index (χ4v) is 3.92. The Morgan fingerprint density at radius 2 is 1.33 bits per heavy atom. The van der Waals surface area contributed by atoms with E-state index in [1.165, 1.54) is 11.1 Å². The number of alkyl carbamates (subject to hydrolysis) is 1. The summed E-state index contributed by atoms with van der Waals surface area (Å²) in [7, 11) is -0.576. The lowest BCUT2D eigenvalue weighted by Gasteiger charge is -2.32. The normalized spacial score (nSPS) is 16.6. The molecular weight excluding hydrogens is 449 g/mol. The molecule has 1 aliphatic heterocycles. The molecule has 0 atom stereocenters. The summed E-state index contributed by atoms with van der Waals surface area (Å²) < 4.78 is 17.9. The van der Waals surface area contributed by atoms with Crippen LogP contribution in [0.2, 0.25) is 0 Å². The van der Waals surface area contributed by atoms with Gasteiger partial charge in [-0.05, 0) is 61.8 Å². The Kier molecular flexibility index (Phi) is 7.97. The number of nitrogens with one attached hydrogen (secondary N) is 1. The fraction of sp³-hybridized carbons (Fsp3) is 0.300. The van der Waals surface area contributed by atoms with E-state index in [1.54, 1.807) is 0 Å². The van der Waals surface area contributed by atoms with Crippen molar-refractivity contribution in [3.8, 4) is 0 Å². The molecule has 1 N–H and O–H groups in total. The van der Waals surface area contributed by atoms with Crippen LogP contribution in [-0.2, 0) is 27.1 Å². The van der Waals surface area contributed by atoms with Crippen LogP contribution in [0.3, 0.4) is 0 Å². The maximum Gasteiger partial charge on any atom is 0.492 e. The fourth-order valence-electron chi connectivity index (χ4n) is 3.92. The Bertz CT molecular complexity index is 1160. The summed E-state index contributed by atoms with van der Waals surface area (Å²) in [5.41, 5.74) is 4.31. The maximum atomic E-state index is 12.4. The molecule has 1 aliphatic rings. The summed E-state index contributed by atoms with van der Waals surface area (Å²) in [6, 6.07) is 28.4. The first kappa shape index (κ1) is 25.7. The molecule has 1 amide bonds. The van der Waals surface area contributed by atoms with Gasteiger partial charge in [-0.1, -0.05) is 91.0 Å². The summed E-state index contributed by atoms with van der Waals surface area (Å²) in [5, 5.41) is 2.86. The van der Waals surface area contributed by atoms with Crippen LogP contribution in [0.1, 0.15) is 49.9 Å². The predicted molar refractivity (Wildman–Crippen MR) is 144 cm³/mol. The summed E-state index contributed by atoms with van der Waals surface area (Å²) in [6.07, 6.45) is 2.41. The molecule has 36 heavy (non-hydrogen) atoms. The molecule has 6 heteroatoms. The minimum atomic E-state index is -0.576. The van der Waals surface area contributed by atoms with E-state index in [9.17, 15) is 4.79 Å². The predicted octanol–water partition coefficient (Wildman–Crippen LogP) is 6.22. The van der Waals surface area contributed by atoms with Gasteiger partial charge in [0, 0.05) is 6.54 Å². The quantitative estimate of drug-likeness (QED) is 0.387. The Morgan fingerprint density at radius 3 is 1.92 bits per heavy atom.